The number of rotatable bonds is 9. The molecule has 46 heavy (non-hydrogen) atoms. The zero-order valence-electron chi connectivity index (χ0n) is 25.6. The van der Waals surface area contributed by atoms with Crippen molar-refractivity contribution in [2.75, 3.05) is 57.2 Å². The van der Waals surface area contributed by atoms with Crippen molar-refractivity contribution >= 4 is 82.0 Å². The molecule has 7 rings (SSSR count). The first-order valence-corrected chi connectivity index (χ1v) is 16.8. The molecular weight excluding hydrogens is 712 g/mol. The molecule has 2 aromatic heterocycles. The molecule has 1 atom stereocenters. The molecule has 0 saturated carbocycles. The fourth-order valence-corrected chi connectivity index (χ4v) is 7.02. The number of para-hydroxylation sites is 1. The normalized spacial score (nSPS) is 14.7. The molecule has 1 aliphatic rings. The number of halogens is 2. The summed E-state index contributed by atoms with van der Waals surface area (Å²) in [4.78, 5) is 14.4. The highest BCUT2D eigenvalue weighted by Crippen LogP contribution is 2.35. The lowest BCUT2D eigenvalue weighted by atomic mass is 10.2. The quantitative estimate of drug-likeness (QED) is 0.161. The molecule has 4 aromatic carbocycles. The van der Waals surface area contributed by atoms with Crippen LogP contribution in [-0.4, -0.2) is 77.6 Å². The molecule has 1 saturated heterocycles. The molecule has 0 spiro atoms. The second-order valence-corrected chi connectivity index (χ2v) is 13.3. The lowest BCUT2D eigenvalue weighted by molar-refractivity contribution is 0.0967. The van der Waals surface area contributed by atoms with E-state index in [1.165, 1.54) is 10.8 Å². The molecule has 0 radical (unpaired) electrons. The third-order valence-corrected chi connectivity index (χ3v) is 9.53. The summed E-state index contributed by atoms with van der Waals surface area (Å²) < 4.78 is 15.2. The van der Waals surface area contributed by atoms with Crippen LogP contribution in [0, 0.1) is 0 Å². The molecule has 3 heterocycles. The van der Waals surface area contributed by atoms with Gasteiger partial charge in [-0.05, 0) is 60.7 Å². The van der Waals surface area contributed by atoms with Crippen molar-refractivity contribution in [2.24, 2.45) is 0 Å². The Morgan fingerprint density at radius 1 is 0.761 bits per heavy atom. The minimum Gasteiger partial charge on any atom is -0.493 e. The van der Waals surface area contributed by atoms with Crippen LogP contribution in [0.1, 0.15) is 0 Å². The van der Waals surface area contributed by atoms with Crippen LogP contribution in [0.25, 0.3) is 32.7 Å². The number of nitrogens with one attached hydrogen (secondary N) is 1. The first-order chi connectivity index (χ1) is 22.4. The zero-order chi connectivity index (χ0) is 31.8. The van der Waals surface area contributed by atoms with E-state index in [0.29, 0.717) is 30.5 Å². The van der Waals surface area contributed by atoms with E-state index >= 15 is 0 Å². The average Bonchev–Trinajstić information content (AvgIpc) is 3.36. The summed E-state index contributed by atoms with van der Waals surface area (Å²) in [5.74, 6) is 2.73. The van der Waals surface area contributed by atoms with Gasteiger partial charge in [0.25, 0.3) is 0 Å². The van der Waals surface area contributed by atoms with Crippen molar-refractivity contribution in [3.05, 3.63) is 87.8 Å². The van der Waals surface area contributed by atoms with Crippen LogP contribution in [0.5, 0.6) is 11.5 Å². The van der Waals surface area contributed by atoms with Crippen molar-refractivity contribution in [1.82, 2.24) is 19.4 Å². The van der Waals surface area contributed by atoms with Crippen molar-refractivity contribution in [3.63, 3.8) is 0 Å². The van der Waals surface area contributed by atoms with E-state index in [0.717, 1.165) is 68.6 Å². The molecule has 1 fully saturated rings. The van der Waals surface area contributed by atoms with Crippen LogP contribution >= 0.6 is 31.9 Å². The maximum Gasteiger partial charge on any atom is 0.227 e. The van der Waals surface area contributed by atoms with Gasteiger partial charge in [0, 0.05) is 80.6 Å². The number of methoxy groups -OCH3 is 2. The maximum absolute atomic E-state index is 11.3. The van der Waals surface area contributed by atoms with E-state index < -0.39 is 6.10 Å². The van der Waals surface area contributed by atoms with E-state index in [-0.39, 0.29) is 0 Å². The Kier molecular flexibility index (Phi) is 8.74. The Bertz CT molecular complexity index is 1980. The molecule has 6 aromatic rings. The number of nitrogens with zero attached hydrogens (tertiary/aromatic N) is 5. The van der Waals surface area contributed by atoms with Gasteiger partial charge in [-0.3, -0.25) is 4.90 Å². The Balaban J connectivity index is 1.06. The lowest BCUT2D eigenvalue weighted by Gasteiger charge is -2.36. The van der Waals surface area contributed by atoms with Gasteiger partial charge < -0.3 is 29.4 Å². The fourth-order valence-electron chi connectivity index (χ4n) is 6.29. The molecule has 236 valence electrons. The first-order valence-electron chi connectivity index (χ1n) is 15.2. The Morgan fingerprint density at radius 3 is 2.11 bits per heavy atom. The summed E-state index contributed by atoms with van der Waals surface area (Å²) >= 11 is 7.24. The highest BCUT2D eigenvalue weighted by Gasteiger charge is 2.23. The second-order valence-electron chi connectivity index (χ2n) is 11.5. The first kappa shape index (κ1) is 30.7. The van der Waals surface area contributed by atoms with Gasteiger partial charge in [0.15, 0.2) is 11.5 Å². The highest BCUT2D eigenvalue weighted by molar-refractivity contribution is 9.10. The predicted octanol–water partition coefficient (Wildman–Crippen LogP) is 7.21. The van der Waals surface area contributed by atoms with Gasteiger partial charge in [0.2, 0.25) is 5.95 Å². The number of aromatic nitrogens is 3. The lowest BCUT2D eigenvalue weighted by Crippen LogP contribution is -2.49. The molecule has 2 N–H and O–H groups in total. The van der Waals surface area contributed by atoms with Crippen LogP contribution in [0.2, 0.25) is 0 Å². The van der Waals surface area contributed by atoms with Crippen LogP contribution in [-0.2, 0) is 6.54 Å². The number of β-amino-alcohol motifs (C(OH)–C–C–N with tert-alkyl or cyclic N) is 1. The van der Waals surface area contributed by atoms with Crippen LogP contribution in [0.3, 0.4) is 0 Å². The third kappa shape index (κ3) is 6.12. The fraction of sp³-hybridized carbons (Fsp3) is 0.257. The monoisotopic (exact) mass is 744 g/mol. The predicted molar refractivity (Wildman–Crippen MR) is 192 cm³/mol. The average molecular weight is 747 g/mol. The maximum atomic E-state index is 11.3. The van der Waals surface area contributed by atoms with E-state index in [1.54, 1.807) is 14.2 Å². The SMILES string of the molecule is COc1ccc(Nc2nc(N3CCN(CC(O)Cn4c5ccc(Br)cc5c5cc(Br)ccc54)CC3)nc3ccccc23)cc1OC. The van der Waals surface area contributed by atoms with Gasteiger partial charge in [-0.1, -0.05) is 44.0 Å². The van der Waals surface area contributed by atoms with Gasteiger partial charge in [-0.2, -0.15) is 4.98 Å². The zero-order valence-corrected chi connectivity index (χ0v) is 28.8. The Hall–Kier alpha value is -3.90. The van der Waals surface area contributed by atoms with Gasteiger partial charge in [0.1, 0.15) is 5.82 Å². The summed E-state index contributed by atoms with van der Waals surface area (Å²) in [7, 11) is 3.25. The van der Waals surface area contributed by atoms with E-state index in [2.05, 4.69) is 87.9 Å². The van der Waals surface area contributed by atoms with Crippen LogP contribution < -0.4 is 19.7 Å². The summed E-state index contributed by atoms with van der Waals surface area (Å²) in [6, 6.07) is 26.4. The van der Waals surface area contributed by atoms with Crippen molar-refractivity contribution < 1.29 is 14.6 Å². The minimum absolute atomic E-state index is 0.516. The van der Waals surface area contributed by atoms with Crippen LogP contribution in [0.4, 0.5) is 17.5 Å². The van der Waals surface area contributed by atoms with E-state index in [4.69, 9.17) is 19.4 Å². The summed E-state index contributed by atoms with van der Waals surface area (Å²) in [6.45, 7) is 4.24. The number of benzene rings is 4. The Morgan fingerprint density at radius 2 is 1.43 bits per heavy atom. The third-order valence-electron chi connectivity index (χ3n) is 8.54. The molecular formula is C35H34Br2N6O3. The number of aliphatic hydroxyl groups excluding tert-OH is 1. The smallest absolute Gasteiger partial charge is 0.227 e. The number of aliphatic hydroxyl groups is 1. The van der Waals surface area contributed by atoms with Crippen molar-refractivity contribution in [1.29, 1.82) is 0 Å². The van der Waals surface area contributed by atoms with Crippen molar-refractivity contribution in [2.45, 2.75) is 12.6 Å². The topological polar surface area (TPSA) is 87.9 Å². The number of piperazine rings is 1. The van der Waals surface area contributed by atoms with Crippen molar-refractivity contribution in [3.8, 4) is 11.5 Å². The van der Waals surface area contributed by atoms with Gasteiger partial charge in [-0.25, -0.2) is 4.98 Å². The molecule has 0 amide bonds. The molecule has 1 aliphatic heterocycles. The van der Waals surface area contributed by atoms with E-state index in [1.807, 2.05) is 42.5 Å². The molecule has 0 aliphatic carbocycles. The Labute approximate surface area is 284 Å². The number of hydrogen-bond acceptors (Lipinski definition) is 8. The number of ether oxygens (including phenoxy) is 2. The van der Waals surface area contributed by atoms with Crippen LogP contribution in [0.15, 0.2) is 87.8 Å². The van der Waals surface area contributed by atoms with Gasteiger partial charge in [0.05, 0.1) is 32.4 Å². The largest absolute Gasteiger partial charge is 0.493 e. The standard InChI is InChI=1S/C35H34Br2N6O3/c1-45-32-12-9-24(19-33(32)46-2)38-34-26-5-3-4-6-29(26)39-35(40-34)42-15-13-41(14-16-42)20-25(44)21-43-30-10-7-22(36)17-27(30)28-18-23(37)8-11-31(28)43/h3-12,17-19,25,44H,13-16,20-21H2,1-2H3,(H,38,39,40). The molecule has 11 heteroatoms. The number of anilines is 3. The number of hydrogen-bond donors (Lipinski definition) is 2. The highest BCUT2D eigenvalue weighted by atomic mass is 79.9. The summed E-state index contributed by atoms with van der Waals surface area (Å²) in [5, 5.41) is 18.1. The summed E-state index contributed by atoms with van der Waals surface area (Å²) in [6.07, 6.45) is -0.521. The summed E-state index contributed by atoms with van der Waals surface area (Å²) in [5.41, 5.74) is 3.95. The number of fused-ring (bicyclic) bond motifs is 4. The van der Waals surface area contributed by atoms with Gasteiger partial charge in [-0.15, -0.1) is 0 Å². The molecule has 9 nitrogen and oxygen atoms in total. The van der Waals surface area contributed by atoms with E-state index in [9.17, 15) is 5.11 Å². The minimum atomic E-state index is -0.521. The second kappa shape index (κ2) is 13.1. The van der Waals surface area contributed by atoms with Gasteiger partial charge >= 0.3 is 0 Å². The molecule has 1 unspecified atom stereocenters. The molecule has 0 bridgehead atoms.